The topological polar surface area (TPSA) is 12.0 Å². The Morgan fingerprint density at radius 1 is 1.15 bits per heavy atom. The van der Waals surface area contributed by atoms with Crippen LogP contribution in [0.25, 0.3) is 0 Å². The maximum atomic E-state index is 3.79. The van der Waals surface area contributed by atoms with E-state index < -0.39 is 0 Å². The van der Waals surface area contributed by atoms with E-state index in [0.29, 0.717) is 12.0 Å². The molecule has 0 saturated heterocycles. The highest BCUT2D eigenvalue weighted by molar-refractivity contribution is 7.12. The average Bonchev–Trinajstić information content (AvgIpc) is 3.05. The molecule has 0 spiro atoms. The van der Waals surface area contributed by atoms with Crippen molar-refractivity contribution in [2.75, 3.05) is 6.54 Å². The van der Waals surface area contributed by atoms with Crippen molar-refractivity contribution in [3.8, 4) is 0 Å². The molecule has 20 heavy (non-hydrogen) atoms. The summed E-state index contributed by atoms with van der Waals surface area (Å²) in [6.07, 6.45) is 3.63. The van der Waals surface area contributed by atoms with Crippen molar-refractivity contribution in [2.45, 2.75) is 39.2 Å². The van der Waals surface area contributed by atoms with Gasteiger partial charge in [-0.05, 0) is 61.9 Å². The lowest BCUT2D eigenvalue weighted by molar-refractivity contribution is 0.379. The second-order valence-electron chi connectivity index (χ2n) is 5.82. The lowest BCUT2D eigenvalue weighted by Gasteiger charge is -2.23. The molecule has 2 aromatic rings. The number of rotatable bonds is 5. The van der Waals surface area contributed by atoms with Crippen molar-refractivity contribution in [3.63, 3.8) is 0 Å². The number of fused-ring (bicyclic) bond motifs is 1. The number of benzene rings is 1. The highest BCUT2D eigenvalue weighted by Crippen LogP contribution is 2.37. The Bertz CT molecular complexity index is 547. The van der Waals surface area contributed by atoms with Gasteiger partial charge in [0.1, 0.15) is 0 Å². The first-order chi connectivity index (χ1) is 9.78. The van der Waals surface area contributed by atoms with Crippen molar-refractivity contribution in [2.24, 2.45) is 5.92 Å². The standard InChI is InChI=1S/C18H23NS/c1-3-10-19-18(17-9-8-13(2)20-17)16-11-14-6-4-5-7-15(14)12-16/h4-9,16,18-19H,3,10-12H2,1-2H3. The van der Waals surface area contributed by atoms with Gasteiger partial charge in [-0.15, -0.1) is 11.3 Å². The van der Waals surface area contributed by atoms with Gasteiger partial charge in [-0.1, -0.05) is 31.2 Å². The molecule has 1 nitrogen and oxygen atoms in total. The van der Waals surface area contributed by atoms with Gasteiger partial charge >= 0.3 is 0 Å². The average molecular weight is 285 g/mol. The van der Waals surface area contributed by atoms with Crippen molar-refractivity contribution in [1.82, 2.24) is 5.32 Å². The first-order valence-electron chi connectivity index (χ1n) is 7.64. The fourth-order valence-electron chi connectivity index (χ4n) is 3.25. The molecule has 1 aromatic carbocycles. The second-order valence-corrected chi connectivity index (χ2v) is 7.14. The van der Waals surface area contributed by atoms with E-state index in [1.54, 1.807) is 11.1 Å². The molecule has 1 atom stereocenters. The molecule has 0 fully saturated rings. The number of hydrogen-bond donors (Lipinski definition) is 1. The molecule has 0 bridgehead atoms. The molecule has 106 valence electrons. The van der Waals surface area contributed by atoms with Crippen molar-refractivity contribution < 1.29 is 0 Å². The Labute approximate surface area is 126 Å². The van der Waals surface area contributed by atoms with E-state index in [1.165, 1.54) is 29.0 Å². The third-order valence-electron chi connectivity index (χ3n) is 4.24. The minimum Gasteiger partial charge on any atom is -0.309 e. The fraction of sp³-hybridized carbons (Fsp3) is 0.444. The van der Waals surface area contributed by atoms with Crippen molar-refractivity contribution in [3.05, 3.63) is 57.3 Å². The molecule has 0 radical (unpaired) electrons. The van der Waals surface area contributed by atoms with Crippen LogP contribution in [0.4, 0.5) is 0 Å². The van der Waals surface area contributed by atoms with Crippen LogP contribution in [0.3, 0.4) is 0 Å². The molecule has 1 aliphatic rings. The van der Waals surface area contributed by atoms with Crippen LogP contribution in [0, 0.1) is 12.8 Å². The second kappa shape index (κ2) is 6.11. The lowest BCUT2D eigenvalue weighted by atomic mass is 9.95. The van der Waals surface area contributed by atoms with Gasteiger partial charge in [0.2, 0.25) is 0 Å². The zero-order valence-electron chi connectivity index (χ0n) is 12.4. The normalized spacial score (nSPS) is 16.3. The molecular formula is C18H23NS. The van der Waals surface area contributed by atoms with E-state index in [4.69, 9.17) is 0 Å². The number of hydrogen-bond acceptors (Lipinski definition) is 2. The molecule has 2 heteroatoms. The Kier molecular flexibility index (Phi) is 4.23. The predicted octanol–water partition coefficient (Wildman–Crippen LogP) is 4.51. The van der Waals surface area contributed by atoms with Crippen LogP contribution < -0.4 is 5.32 Å². The van der Waals surface area contributed by atoms with Crippen LogP contribution >= 0.6 is 11.3 Å². The minimum absolute atomic E-state index is 0.515. The summed E-state index contributed by atoms with van der Waals surface area (Å²) in [5.41, 5.74) is 3.10. The first-order valence-corrected chi connectivity index (χ1v) is 8.46. The smallest absolute Gasteiger partial charge is 0.0449 e. The summed E-state index contributed by atoms with van der Waals surface area (Å²) >= 11 is 1.95. The summed E-state index contributed by atoms with van der Waals surface area (Å²) in [5.74, 6) is 0.706. The summed E-state index contributed by atoms with van der Waals surface area (Å²) in [7, 11) is 0. The van der Waals surface area contributed by atoms with Crippen LogP contribution in [0.2, 0.25) is 0 Å². The molecular weight excluding hydrogens is 262 g/mol. The Morgan fingerprint density at radius 3 is 2.40 bits per heavy atom. The molecule has 1 unspecified atom stereocenters. The molecule has 1 heterocycles. The van der Waals surface area contributed by atoms with Crippen molar-refractivity contribution in [1.29, 1.82) is 0 Å². The van der Waals surface area contributed by atoms with E-state index in [0.717, 1.165) is 6.54 Å². The van der Waals surface area contributed by atoms with Gasteiger partial charge < -0.3 is 5.32 Å². The largest absolute Gasteiger partial charge is 0.309 e. The molecule has 1 aromatic heterocycles. The van der Waals surface area contributed by atoms with Crippen molar-refractivity contribution >= 4 is 11.3 Å². The van der Waals surface area contributed by atoms with Crippen LogP contribution in [0.1, 0.15) is 40.3 Å². The lowest BCUT2D eigenvalue weighted by Crippen LogP contribution is -2.28. The van der Waals surface area contributed by atoms with Crippen LogP contribution in [0.5, 0.6) is 0 Å². The van der Waals surface area contributed by atoms with Crippen LogP contribution in [-0.4, -0.2) is 6.54 Å². The summed E-state index contributed by atoms with van der Waals surface area (Å²) in [4.78, 5) is 2.92. The predicted molar refractivity (Wildman–Crippen MR) is 87.4 cm³/mol. The number of thiophene rings is 1. The van der Waals surface area contributed by atoms with Gasteiger partial charge in [-0.25, -0.2) is 0 Å². The van der Waals surface area contributed by atoms with E-state index in [-0.39, 0.29) is 0 Å². The summed E-state index contributed by atoms with van der Waals surface area (Å²) in [6, 6.07) is 14.0. The maximum Gasteiger partial charge on any atom is 0.0449 e. The number of aryl methyl sites for hydroxylation is 1. The fourth-order valence-corrected chi connectivity index (χ4v) is 4.30. The van der Waals surface area contributed by atoms with Crippen LogP contribution in [-0.2, 0) is 12.8 Å². The summed E-state index contributed by atoms with van der Waals surface area (Å²) in [5, 5.41) is 3.79. The zero-order chi connectivity index (χ0) is 13.9. The van der Waals surface area contributed by atoms with E-state index >= 15 is 0 Å². The SMILES string of the molecule is CCCNC(c1ccc(C)s1)C1Cc2ccccc2C1. The van der Waals surface area contributed by atoms with Gasteiger partial charge in [0.15, 0.2) is 0 Å². The zero-order valence-corrected chi connectivity index (χ0v) is 13.2. The Morgan fingerprint density at radius 2 is 1.85 bits per heavy atom. The number of nitrogens with one attached hydrogen (secondary N) is 1. The minimum atomic E-state index is 0.515. The molecule has 0 saturated carbocycles. The quantitative estimate of drug-likeness (QED) is 0.852. The van der Waals surface area contributed by atoms with Gasteiger partial charge in [0.05, 0.1) is 0 Å². The summed E-state index contributed by atoms with van der Waals surface area (Å²) < 4.78 is 0. The molecule has 1 N–H and O–H groups in total. The van der Waals surface area contributed by atoms with E-state index in [1.807, 2.05) is 11.3 Å². The highest BCUT2D eigenvalue weighted by atomic mass is 32.1. The van der Waals surface area contributed by atoms with Gasteiger partial charge in [-0.2, -0.15) is 0 Å². The first kappa shape index (κ1) is 13.8. The van der Waals surface area contributed by atoms with E-state index in [2.05, 4.69) is 55.6 Å². The Balaban J connectivity index is 1.81. The highest BCUT2D eigenvalue weighted by Gasteiger charge is 2.29. The third-order valence-corrected chi connectivity index (χ3v) is 5.32. The van der Waals surface area contributed by atoms with Crippen LogP contribution in [0.15, 0.2) is 36.4 Å². The molecule has 1 aliphatic carbocycles. The summed E-state index contributed by atoms with van der Waals surface area (Å²) in [6.45, 7) is 5.55. The molecule has 3 rings (SSSR count). The van der Waals surface area contributed by atoms with E-state index in [9.17, 15) is 0 Å². The monoisotopic (exact) mass is 285 g/mol. The molecule has 0 amide bonds. The Hall–Kier alpha value is -1.12. The van der Waals surface area contributed by atoms with Gasteiger partial charge in [0.25, 0.3) is 0 Å². The van der Waals surface area contributed by atoms with Gasteiger partial charge in [0, 0.05) is 15.8 Å². The third kappa shape index (κ3) is 2.82. The molecule has 0 aliphatic heterocycles. The van der Waals surface area contributed by atoms with Gasteiger partial charge in [-0.3, -0.25) is 0 Å². The maximum absolute atomic E-state index is 3.79.